The number of allylic oxidation sites excluding steroid dienone is 1. The maximum atomic E-state index is 15.0. The third-order valence-electron chi connectivity index (χ3n) is 18.6. The molecule has 0 bridgehead atoms. The molecule has 102 heavy (non-hydrogen) atoms. The number of likely N-dealkylation sites (tertiary alicyclic amines) is 1. The van der Waals surface area contributed by atoms with E-state index < -0.39 is 203 Å². The van der Waals surface area contributed by atoms with Gasteiger partial charge < -0.3 is 84.3 Å². The number of esters is 1. The number of aliphatic hydroxyl groups is 1. The first-order valence-electron chi connectivity index (χ1n) is 36.1. The van der Waals surface area contributed by atoms with Crippen LogP contribution < -0.4 is 69.5 Å². The summed E-state index contributed by atoms with van der Waals surface area (Å²) in [4.78, 5) is 201. The Labute approximate surface area is 601 Å². The molecule has 15 N–H and O–H groups in total. The zero-order valence-corrected chi connectivity index (χ0v) is 63.0. The Morgan fingerprint density at radius 3 is 1.70 bits per heavy atom. The van der Waals surface area contributed by atoms with E-state index in [1.807, 2.05) is 0 Å². The quantitative estimate of drug-likeness (QED) is 0.0361. The van der Waals surface area contributed by atoms with E-state index >= 15 is 9.59 Å². The van der Waals surface area contributed by atoms with Crippen LogP contribution >= 0.6 is 0 Å². The third-order valence-corrected chi connectivity index (χ3v) is 18.6. The number of cyclic esters (lactones) is 1. The maximum Gasteiger partial charge on any atom is 0.329 e. The van der Waals surface area contributed by atoms with Gasteiger partial charge in [-0.25, -0.2) is 4.79 Å². The highest BCUT2D eigenvalue weighted by molar-refractivity contribution is 6.03. The van der Waals surface area contributed by atoms with Crippen molar-refractivity contribution in [3.8, 4) is 0 Å². The molecule has 2 aliphatic rings. The van der Waals surface area contributed by atoms with Gasteiger partial charge in [0, 0.05) is 19.4 Å². The van der Waals surface area contributed by atoms with Crippen molar-refractivity contribution in [1.82, 2.24) is 68.7 Å². The lowest BCUT2D eigenvalue weighted by Gasteiger charge is -2.33. The Hall–Kier alpha value is -8.54. The van der Waals surface area contributed by atoms with Gasteiger partial charge >= 0.3 is 5.97 Å². The molecule has 572 valence electrons. The third kappa shape index (κ3) is 25.8. The molecule has 1 aromatic carbocycles. The fourth-order valence-electron chi connectivity index (χ4n) is 11.7. The Morgan fingerprint density at radius 2 is 1.17 bits per heavy atom. The van der Waals surface area contributed by atoms with Gasteiger partial charge in [-0.05, 0) is 106 Å². The van der Waals surface area contributed by atoms with Gasteiger partial charge in [-0.2, -0.15) is 0 Å². The van der Waals surface area contributed by atoms with Crippen LogP contribution in [-0.4, -0.2) is 191 Å². The highest BCUT2D eigenvalue weighted by Gasteiger charge is 2.44. The summed E-state index contributed by atoms with van der Waals surface area (Å²) in [5, 5.41) is 42.9. The Bertz CT molecular complexity index is 3090. The molecular formula is C72H118N14O16. The second kappa shape index (κ2) is 42.1. The van der Waals surface area contributed by atoms with Crippen molar-refractivity contribution in [2.75, 3.05) is 13.1 Å². The zero-order chi connectivity index (χ0) is 77.2. The van der Waals surface area contributed by atoms with Gasteiger partial charge in [0.15, 0.2) is 0 Å². The van der Waals surface area contributed by atoms with Crippen LogP contribution in [0.3, 0.4) is 0 Å². The molecule has 0 spiro atoms. The predicted octanol–water partition coefficient (Wildman–Crippen LogP) is 0.810. The molecular weight excluding hydrogens is 1320 g/mol. The number of benzene rings is 1. The summed E-state index contributed by atoms with van der Waals surface area (Å²) >= 11 is 0. The van der Waals surface area contributed by atoms with Crippen molar-refractivity contribution >= 4 is 82.8 Å². The number of nitrogens with one attached hydrogen (secondary N) is 12. The molecule has 1 aromatic rings. The summed E-state index contributed by atoms with van der Waals surface area (Å²) < 4.78 is 5.96. The van der Waals surface area contributed by atoms with Crippen molar-refractivity contribution in [2.45, 2.75) is 267 Å². The van der Waals surface area contributed by atoms with Crippen molar-refractivity contribution in [1.29, 1.82) is 0 Å². The molecule has 30 nitrogen and oxygen atoms in total. The molecule has 0 saturated carbocycles. The monoisotopic (exact) mass is 1430 g/mol. The lowest BCUT2D eigenvalue weighted by molar-refractivity contribution is -0.157. The highest BCUT2D eigenvalue weighted by atomic mass is 16.5. The minimum Gasteiger partial charge on any atom is -0.458 e. The minimum atomic E-state index is -1.83. The lowest BCUT2D eigenvalue weighted by Crippen LogP contribution is -2.64. The van der Waals surface area contributed by atoms with Crippen molar-refractivity contribution < 1.29 is 77.0 Å². The van der Waals surface area contributed by atoms with E-state index in [0.717, 1.165) is 0 Å². The van der Waals surface area contributed by atoms with Crippen LogP contribution in [0.25, 0.3) is 0 Å². The molecule has 0 aliphatic carbocycles. The van der Waals surface area contributed by atoms with Gasteiger partial charge in [0.1, 0.15) is 84.3 Å². The first-order valence-corrected chi connectivity index (χ1v) is 36.1. The van der Waals surface area contributed by atoms with Crippen molar-refractivity contribution in [3.05, 3.63) is 47.7 Å². The fraction of sp³-hybridized carbons (Fsp3) is 0.694. The number of nitrogens with two attached hydrogens (primary N) is 1. The van der Waals surface area contributed by atoms with Crippen molar-refractivity contribution in [3.63, 3.8) is 0 Å². The number of hydrogen-bond donors (Lipinski definition) is 14. The van der Waals surface area contributed by atoms with E-state index in [-0.39, 0.29) is 63.2 Å². The van der Waals surface area contributed by atoms with Gasteiger partial charge in [0.2, 0.25) is 70.9 Å². The molecule has 30 heteroatoms. The number of ether oxygens (including phenoxy) is 1. The molecule has 2 saturated heterocycles. The maximum absolute atomic E-state index is 15.0. The van der Waals surface area contributed by atoms with Gasteiger partial charge in [-0.15, -0.1) is 0 Å². The van der Waals surface area contributed by atoms with Crippen LogP contribution in [-0.2, 0) is 78.3 Å². The second-order valence-corrected chi connectivity index (χ2v) is 28.6. The van der Waals surface area contributed by atoms with Gasteiger partial charge in [-0.3, -0.25) is 62.3 Å². The molecule has 0 aromatic heterocycles. The summed E-state index contributed by atoms with van der Waals surface area (Å²) in [6, 6.07) is -7.65. The average molecular weight is 1440 g/mol. The summed E-state index contributed by atoms with van der Waals surface area (Å²) in [6.07, 6.45) is 0.114. The summed E-state index contributed by atoms with van der Waals surface area (Å²) in [7, 11) is 0. The van der Waals surface area contributed by atoms with Gasteiger partial charge in [0.25, 0.3) is 5.91 Å². The van der Waals surface area contributed by atoms with E-state index in [0.29, 0.717) is 24.8 Å². The number of hydrogen-bond acceptors (Lipinski definition) is 17. The standard InChI is InChI=1S/C72H118N14O16/c1-19-28-50(88)77-51(36(5)6)65(94)84-58(43(17)87)69(98)79-53(38(9)10)66(95)80-54(39(11)12)71(100)86-34-27-32-49(86)63(92)75-47(31-26-33-73)61(90)82-56(41(15)20-2)68(97)85-59-44(18)102-72(101)55(40(13)14)81-60(89)46(22-4)74-62(91)48(35-45-29-24-23-25-30-45)76-64(93)52(37(7)8)78-67(96)57(42(16)21-3)83-70(59)99/h22-25,29-30,36-44,47-49,51-59,87H,19-21,26-28,31-35,73H2,1-18H3,(H,74,91)(H,75,92)(H,76,93)(H,77,88)(H,78,96)(H,79,98)(H,80,95)(H,81,89)(H,82,90)(H,83,99)(H,84,94)(H,85,97)/b46-22-/t41-,42-,43+,44+,47-,48-,49+,51+,52+,53-,54+,55-,56+,57+,58-,59+/m0/s1. The normalized spacial score (nSPS) is 22.8. The van der Waals surface area contributed by atoms with E-state index in [2.05, 4.69) is 63.8 Å². The van der Waals surface area contributed by atoms with E-state index in [1.165, 1.54) is 31.7 Å². The van der Waals surface area contributed by atoms with Crippen LogP contribution in [0.4, 0.5) is 0 Å². The number of nitrogens with zero attached hydrogens (tertiary/aromatic N) is 1. The SMILES string of the molecule is C/C=C1\NC(=O)[C@H](Cc2ccccc2)NC(=O)[C@@H](C(C)C)NC(=O)[C@@H]([C@@H](C)CC)NC(=O)[C@H](NC(=O)[C@H](NC(=O)[C@H](CCCN)NC(=O)[C@H]2CCCN2C(=O)[C@H](NC(=O)[C@@H](NC(=O)[C@@H](NC(=O)[C@H](NC(=O)CCC)C(C)C)[C@@H](C)O)C(C)C)C(C)C)[C@@H](C)CC)[C@@H](C)OC(=O)[C@H](C(C)C)NC1=O. The molecule has 2 heterocycles. The van der Waals surface area contributed by atoms with E-state index in [9.17, 15) is 62.6 Å². The topological polar surface area (TPSA) is 442 Å². The first-order chi connectivity index (χ1) is 47.9. The van der Waals surface area contributed by atoms with Gasteiger partial charge in [-0.1, -0.05) is 153 Å². The summed E-state index contributed by atoms with van der Waals surface area (Å²) in [6.45, 7) is 29.4. The number of rotatable bonds is 31. The zero-order valence-electron chi connectivity index (χ0n) is 63.0. The molecule has 2 fully saturated rings. The van der Waals surface area contributed by atoms with Crippen LogP contribution in [0.15, 0.2) is 42.1 Å². The van der Waals surface area contributed by atoms with Gasteiger partial charge in [0.05, 0.1) is 6.10 Å². The Kier molecular flexibility index (Phi) is 36.2. The number of carbonyl (C=O) groups is 14. The summed E-state index contributed by atoms with van der Waals surface area (Å²) in [5.74, 6) is -15.5. The van der Waals surface area contributed by atoms with Crippen molar-refractivity contribution in [2.24, 2.45) is 47.2 Å². The first kappa shape index (κ1) is 87.7. The smallest absolute Gasteiger partial charge is 0.329 e. The van der Waals surface area contributed by atoms with Crippen LogP contribution in [0.2, 0.25) is 0 Å². The molecule has 13 amide bonds. The highest BCUT2D eigenvalue weighted by Crippen LogP contribution is 2.23. The minimum absolute atomic E-state index is 0.0353. The van der Waals surface area contributed by atoms with E-state index in [1.54, 1.807) is 134 Å². The van der Waals surface area contributed by atoms with Crippen LogP contribution in [0.5, 0.6) is 0 Å². The van der Waals surface area contributed by atoms with Crippen LogP contribution in [0, 0.1) is 41.4 Å². The largest absolute Gasteiger partial charge is 0.458 e. The predicted molar refractivity (Wildman–Crippen MR) is 382 cm³/mol. The Balaban J connectivity index is 2.02. The molecule has 0 unspecified atom stereocenters. The number of aliphatic hydroxyl groups excluding tert-OH is 1. The Morgan fingerprint density at radius 1 is 0.627 bits per heavy atom. The summed E-state index contributed by atoms with van der Waals surface area (Å²) in [5.41, 5.74) is 6.33. The van der Waals surface area contributed by atoms with Crippen LogP contribution in [0.1, 0.15) is 182 Å². The average Bonchev–Trinajstić information content (AvgIpc) is 1.45. The molecule has 2 aliphatic heterocycles. The second-order valence-electron chi connectivity index (χ2n) is 28.6. The molecule has 3 rings (SSSR count). The van der Waals surface area contributed by atoms with E-state index in [4.69, 9.17) is 10.5 Å². The number of amides is 13. The number of carbonyl (C=O) groups excluding carboxylic acids is 14. The fourth-order valence-corrected chi connectivity index (χ4v) is 11.7. The molecule has 0 radical (unpaired) electrons. The molecule has 16 atom stereocenters. The lowest BCUT2D eigenvalue weighted by atomic mass is 9.95.